The van der Waals surface area contributed by atoms with Crippen LogP contribution in [0.15, 0.2) is 35.3 Å². The van der Waals surface area contributed by atoms with Crippen LogP contribution >= 0.6 is 0 Å². The van der Waals surface area contributed by atoms with Gasteiger partial charge in [0.05, 0.1) is 19.3 Å². The fourth-order valence-corrected chi connectivity index (χ4v) is 2.91. The maximum atomic E-state index is 11.9. The number of ether oxygens (including phenoxy) is 1. The number of guanidine groups is 1. The average molecular weight is 346 g/mol. The quantitative estimate of drug-likeness (QED) is 0.307. The number of aliphatic imine (C=N–C) groups is 1. The predicted octanol–water partition coefficient (Wildman–Crippen LogP) is 2.53. The van der Waals surface area contributed by atoms with Crippen molar-refractivity contribution in [2.75, 3.05) is 32.1 Å². The molecule has 0 atom stereocenters. The third kappa shape index (κ3) is 8.03. The zero-order chi connectivity index (χ0) is 17.7. The molecule has 138 valence electrons. The zero-order valence-corrected chi connectivity index (χ0v) is 15.1. The topological polar surface area (TPSA) is 74.8 Å². The van der Waals surface area contributed by atoms with E-state index in [1.54, 1.807) is 7.05 Å². The lowest BCUT2D eigenvalue weighted by atomic mass is 10.1. The summed E-state index contributed by atoms with van der Waals surface area (Å²) in [5.41, 5.74) is 0.786. The summed E-state index contributed by atoms with van der Waals surface area (Å²) in [5.74, 6) is 0.497. The highest BCUT2D eigenvalue weighted by atomic mass is 16.5. The van der Waals surface area contributed by atoms with E-state index in [1.165, 1.54) is 38.5 Å². The van der Waals surface area contributed by atoms with Crippen LogP contribution in [0.3, 0.4) is 0 Å². The Morgan fingerprint density at radius 3 is 2.52 bits per heavy atom. The van der Waals surface area contributed by atoms with Gasteiger partial charge in [0.1, 0.15) is 0 Å². The first-order chi connectivity index (χ1) is 12.3. The van der Waals surface area contributed by atoms with Crippen LogP contribution in [0.4, 0.5) is 5.69 Å². The number of carbonyl (C=O) groups is 1. The number of para-hydroxylation sites is 1. The van der Waals surface area contributed by atoms with Crippen molar-refractivity contribution in [1.29, 1.82) is 0 Å². The summed E-state index contributed by atoms with van der Waals surface area (Å²) in [6.45, 7) is 1.50. The first-order valence-corrected chi connectivity index (χ1v) is 9.19. The number of hydrogen-bond donors (Lipinski definition) is 3. The Hall–Kier alpha value is -2.08. The van der Waals surface area contributed by atoms with Gasteiger partial charge < -0.3 is 20.7 Å². The number of nitrogens with one attached hydrogen (secondary N) is 3. The van der Waals surface area contributed by atoms with E-state index >= 15 is 0 Å². The highest BCUT2D eigenvalue weighted by molar-refractivity contribution is 5.94. The Labute approximate surface area is 150 Å². The number of benzene rings is 1. The Bertz CT molecular complexity index is 525. The van der Waals surface area contributed by atoms with Crippen molar-refractivity contribution in [2.45, 2.75) is 44.6 Å². The number of carbonyl (C=O) groups excluding carboxylic acids is 1. The molecule has 1 aliphatic carbocycles. The monoisotopic (exact) mass is 346 g/mol. The molecule has 1 aliphatic rings. The van der Waals surface area contributed by atoms with Crippen LogP contribution in [-0.2, 0) is 9.53 Å². The maximum absolute atomic E-state index is 11.9. The number of anilines is 1. The molecule has 0 spiro atoms. The second kappa shape index (κ2) is 11.5. The van der Waals surface area contributed by atoms with E-state index < -0.39 is 0 Å². The number of amides is 1. The third-order valence-corrected chi connectivity index (χ3v) is 4.25. The fraction of sp³-hybridized carbons (Fsp3) is 0.579. The van der Waals surface area contributed by atoms with Gasteiger partial charge in [-0.15, -0.1) is 0 Å². The van der Waals surface area contributed by atoms with Crippen molar-refractivity contribution < 1.29 is 9.53 Å². The number of hydrogen-bond acceptors (Lipinski definition) is 3. The molecule has 0 aromatic heterocycles. The van der Waals surface area contributed by atoms with Crippen LogP contribution in [-0.4, -0.2) is 44.7 Å². The molecule has 1 aromatic carbocycles. The van der Waals surface area contributed by atoms with Gasteiger partial charge in [0.15, 0.2) is 5.96 Å². The summed E-state index contributed by atoms with van der Waals surface area (Å²) in [6, 6.07) is 9.40. The molecule has 1 saturated carbocycles. The van der Waals surface area contributed by atoms with Crippen molar-refractivity contribution in [3.63, 3.8) is 0 Å². The fourth-order valence-electron chi connectivity index (χ4n) is 2.91. The molecule has 0 heterocycles. The summed E-state index contributed by atoms with van der Waals surface area (Å²) in [6.07, 6.45) is 7.96. The van der Waals surface area contributed by atoms with Gasteiger partial charge in [-0.25, -0.2) is 0 Å². The van der Waals surface area contributed by atoms with Crippen LogP contribution in [0, 0.1) is 0 Å². The van der Waals surface area contributed by atoms with Gasteiger partial charge >= 0.3 is 0 Å². The van der Waals surface area contributed by atoms with Gasteiger partial charge in [-0.1, -0.05) is 43.9 Å². The molecule has 0 aliphatic heterocycles. The minimum atomic E-state index is -0.108. The standard InChI is InChI=1S/C19H30N4O2/c1-20-19(21-13-14-25-17-11-7-2-3-8-12-17)22-15-18(24)23-16-9-5-4-6-10-16/h4-6,9-10,17H,2-3,7-8,11-15H2,1H3,(H,23,24)(H2,20,21,22). The van der Waals surface area contributed by atoms with Gasteiger partial charge in [0.2, 0.25) is 5.91 Å². The van der Waals surface area contributed by atoms with Crippen molar-refractivity contribution in [3.05, 3.63) is 30.3 Å². The molecule has 0 saturated heterocycles. The Balaban J connectivity index is 1.59. The lowest BCUT2D eigenvalue weighted by Gasteiger charge is -2.16. The van der Waals surface area contributed by atoms with Crippen LogP contribution in [0.25, 0.3) is 0 Å². The van der Waals surface area contributed by atoms with E-state index in [9.17, 15) is 4.79 Å². The molecule has 0 bridgehead atoms. The van der Waals surface area contributed by atoms with Gasteiger partial charge in [0.25, 0.3) is 0 Å². The van der Waals surface area contributed by atoms with Crippen molar-refractivity contribution >= 4 is 17.6 Å². The van der Waals surface area contributed by atoms with Crippen LogP contribution in [0.5, 0.6) is 0 Å². The maximum Gasteiger partial charge on any atom is 0.243 e. The SMILES string of the molecule is CN=C(NCCOC1CCCCCC1)NCC(=O)Nc1ccccc1. The molecular weight excluding hydrogens is 316 g/mol. The summed E-state index contributed by atoms with van der Waals surface area (Å²) in [4.78, 5) is 16.0. The van der Waals surface area contributed by atoms with Gasteiger partial charge in [0, 0.05) is 19.3 Å². The average Bonchev–Trinajstić information content (AvgIpc) is 2.91. The lowest BCUT2D eigenvalue weighted by Crippen LogP contribution is -2.42. The van der Waals surface area contributed by atoms with E-state index in [2.05, 4.69) is 20.9 Å². The van der Waals surface area contributed by atoms with Crippen LogP contribution in [0.1, 0.15) is 38.5 Å². The summed E-state index contributed by atoms with van der Waals surface area (Å²) >= 11 is 0. The van der Waals surface area contributed by atoms with Crippen LogP contribution in [0.2, 0.25) is 0 Å². The van der Waals surface area contributed by atoms with E-state index in [0.717, 1.165) is 5.69 Å². The van der Waals surface area contributed by atoms with Gasteiger partial charge in [-0.05, 0) is 25.0 Å². The molecule has 25 heavy (non-hydrogen) atoms. The third-order valence-electron chi connectivity index (χ3n) is 4.25. The zero-order valence-electron chi connectivity index (χ0n) is 15.1. The second-order valence-corrected chi connectivity index (χ2v) is 6.25. The minimum absolute atomic E-state index is 0.108. The Morgan fingerprint density at radius 1 is 1.12 bits per heavy atom. The number of rotatable bonds is 7. The second-order valence-electron chi connectivity index (χ2n) is 6.25. The molecular formula is C19H30N4O2. The van der Waals surface area contributed by atoms with E-state index in [4.69, 9.17) is 4.74 Å². The number of nitrogens with zero attached hydrogens (tertiary/aromatic N) is 1. The molecule has 6 heteroatoms. The highest BCUT2D eigenvalue weighted by Gasteiger charge is 2.12. The Kier molecular flexibility index (Phi) is 8.83. The van der Waals surface area contributed by atoms with E-state index in [0.29, 0.717) is 25.2 Å². The first-order valence-electron chi connectivity index (χ1n) is 9.19. The predicted molar refractivity (Wildman–Crippen MR) is 102 cm³/mol. The van der Waals surface area contributed by atoms with E-state index in [-0.39, 0.29) is 12.5 Å². The van der Waals surface area contributed by atoms with Gasteiger partial charge in [-0.2, -0.15) is 0 Å². The molecule has 3 N–H and O–H groups in total. The molecule has 1 amide bonds. The summed E-state index contributed by atoms with van der Waals surface area (Å²) in [7, 11) is 1.69. The summed E-state index contributed by atoms with van der Waals surface area (Å²) in [5, 5.41) is 9.02. The minimum Gasteiger partial charge on any atom is -0.376 e. The van der Waals surface area contributed by atoms with Crippen molar-refractivity contribution in [2.24, 2.45) is 4.99 Å². The molecule has 6 nitrogen and oxygen atoms in total. The largest absolute Gasteiger partial charge is 0.376 e. The van der Waals surface area contributed by atoms with Crippen molar-refractivity contribution in [1.82, 2.24) is 10.6 Å². The van der Waals surface area contributed by atoms with Crippen molar-refractivity contribution in [3.8, 4) is 0 Å². The molecule has 0 unspecified atom stereocenters. The summed E-state index contributed by atoms with van der Waals surface area (Å²) < 4.78 is 5.94. The lowest BCUT2D eigenvalue weighted by molar-refractivity contribution is -0.115. The first kappa shape index (κ1) is 19.2. The normalized spacial score (nSPS) is 16.1. The molecule has 0 radical (unpaired) electrons. The van der Waals surface area contributed by atoms with E-state index in [1.807, 2.05) is 30.3 Å². The Morgan fingerprint density at radius 2 is 1.84 bits per heavy atom. The molecule has 1 aromatic rings. The van der Waals surface area contributed by atoms with Crippen LogP contribution < -0.4 is 16.0 Å². The molecule has 2 rings (SSSR count). The highest BCUT2D eigenvalue weighted by Crippen LogP contribution is 2.19. The van der Waals surface area contributed by atoms with Gasteiger partial charge in [-0.3, -0.25) is 9.79 Å². The smallest absolute Gasteiger partial charge is 0.243 e. The molecule has 1 fully saturated rings.